The molecule has 0 saturated heterocycles. The monoisotopic (exact) mass is 284 g/mol. The van der Waals surface area contributed by atoms with Gasteiger partial charge >= 0.3 is 0 Å². The van der Waals surface area contributed by atoms with E-state index in [1.165, 1.54) is 11.3 Å². The van der Waals surface area contributed by atoms with E-state index >= 15 is 0 Å². The molecule has 0 fully saturated rings. The van der Waals surface area contributed by atoms with Gasteiger partial charge in [0.1, 0.15) is 11.5 Å². The predicted molar refractivity (Wildman–Crippen MR) is 63.4 cm³/mol. The van der Waals surface area contributed by atoms with E-state index in [1.54, 1.807) is 10.8 Å². The SMILES string of the molecule is Cc1ncc(C(=O)c2ccc(Br)s2)n1C. The van der Waals surface area contributed by atoms with Gasteiger partial charge in [0.2, 0.25) is 5.78 Å². The number of aryl methyl sites for hydroxylation is 1. The molecule has 0 aliphatic heterocycles. The number of hydrogen-bond donors (Lipinski definition) is 0. The van der Waals surface area contributed by atoms with Crippen molar-refractivity contribution in [3.8, 4) is 0 Å². The zero-order chi connectivity index (χ0) is 11.0. The first-order chi connectivity index (χ1) is 7.09. The van der Waals surface area contributed by atoms with E-state index in [4.69, 9.17) is 0 Å². The van der Waals surface area contributed by atoms with Crippen molar-refractivity contribution in [2.45, 2.75) is 6.92 Å². The second-order valence-electron chi connectivity index (χ2n) is 3.18. The van der Waals surface area contributed by atoms with Crippen LogP contribution in [0.5, 0.6) is 0 Å². The summed E-state index contributed by atoms with van der Waals surface area (Å²) in [6, 6.07) is 3.69. The molecule has 2 rings (SSSR count). The summed E-state index contributed by atoms with van der Waals surface area (Å²) in [6.45, 7) is 1.88. The van der Waals surface area contributed by atoms with Crippen molar-refractivity contribution in [2.24, 2.45) is 7.05 Å². The molecule has 0 N–H and O–H groups in total. The van der Waals surface area contributed by atoms with Crippen LogP contribution < -0.4 is 0 Å². The van der Waals surface area contributed by atoms with Crippen LogP contribution in [0.4, 0.5) is 0 Å². The quantitative estimate of drug-likeness (QED) is 0.795. The first-order valence-corrected chi connectivity index (χ1v) is 5.99. The molecule has 0 aliphatic carbocycles. The second-order valence-corrected chi connectivity index (χ2v) is 5.65. The molecule has 0 bridgehead atoms. The highest BCUT2D eigenvalue weighted by Gasteiger charge is 2.15. The molecule has 3 nitrogen and oxygen atoms in total. The Balaban J connectivity index is 2.41. The van der Waals surface area contributed by atoms with Crippen LogP contribution in [0.1, 0.15) is 21.2 Å². The van der Waals surface area contributed by atoms with E-state index in [2.05, 4.69) is 20.9 Å². The second kappa shape index (κ2) is 3.90. The number of imidazole rings is 1. The van der Waals surface area contributed by atoms with Crippen molar-refractivity contribution in [1.29, 1.82) is 0 Å². The van der Waals surface area contributed by atoms with Crippen LogP contribution >= 0.6 is 27.3 Å². The summed E-state index contributed by atoms with van der Waals surface area (Å²) in [7, 11) is 1.85. The fraction of sp³-hybridized carbons (Fsp3) is 0.200. The molecular formula is C10H9BrN2OS. The first-order valence-electron chi connectivity index (χ1n) is 4.38. The highest BCUT2D eigenvalue weighted by Crippen LogP contribution is 2.24. The molecule has 15 heavy (non-hydrogen) atoms. The largest absolute Gasteiger partial charge is 0.329 e. The van der Waals surface area contributed by atoms with Crippen molar-refractivity contribution in [3.63, 3.8) is 0 Å². The van der Waals surface area contributed by atoms with Gasteiger partial charge in [-0.2, -0.15) is 0 Å². The number of nitrogens with zero attached hydrogens (tertiary/aromatic N) is 2. The lowest BCUT2D eigenvalue weighted by Crippen LogP contribution is -2.06. The van der Waals surface area contributed by atoms with Gasteiger partial charge in [-0.1, -0.05) is 0 Å². The smallest absolute Gasteiger partial charge is 0.220 e. The van der Waals surface area contributed by atoms with Gasteiger partial charge in [0.05, 0.1) is 14.9 Å². The van der Waals surface area contributed by atoms with E-state index in [0.29, 0.717) is 5.69 Å². The fourth-order valence-corrected chi connectivity index (χ4v) is 2.61. The zero-order valence-electron chi connectivity index (χ0n) is 8.32. The third kappa shape index (κ3) is 1.89. The highest BCUT2D eigenvalue weighted by atomic mass is 79.9. The molecule has 5 heteroatoms. The average molecular weight is 285 g/mol. The Hall–Kier alpha value is -0.940. The van der Waals surface area contributed by atoms with Gasteiger partial charge in [-0.3, -0.25) is 4.79 Å². The number of ketones is 1. The summed E-state index contributed by atoms with van der Waals surface area (Å²) < 4.78 is 2.76. The molecular weight excluding hydrogens is 276 g/mol. The lowest BCUT2D eigenvalue weighted by atomic mass is 10.2. The molecule has 0 amide bonds. The van der Waals surface area contributed by atoms with Gasteiger partial charge < -0.3 is 4.57 Å². The fourth-order valence-electron chi connectivity index (χ4n) is 1.28. The molecule has 0 aromatic carbocycles. The molecule has 0 saturated carbocycles. The van der Waals surface area contributed by atoms with Gasteiger partial charge in [-0.15, -0.1) is 11.3 Å². The van der Waals surface area contributed by atoms with Crippen LogP contribution in [0.3, 0.4) is 0 Å². The Bertz CT molecular complexity index is 515. The van der Waals surface area contributed by atoms with Crippen LogP contribution in [0.2, 0.25) is 0 Å². The molecule has 0 aliphatic rings. The summed E-state index contributed by atoms with van der Waals surface area (Å²) >= 11 is 4.78. The van der Waals surface area contributed by atoms with E-state index in [0.717, 1.165) is 14.5 Å². The predicted octanol–water partition coefficient (Wildman–Crippen LogP) is 2.78. The molecule has 0 spiro atoms. The van der Waals surface area contributed by atoms with Crippen molar-refractivity contribution in [1.82, 2.24) is 9.55 Å². The maximum absolute atomic E-state index is 12.0. The van der Waals surface area contributed by atoms with Gasteiger partial charge in [0, 0.05) is 7.05 Å². The maximum Gasteiger partial charge on any atom is 0.220 e. The minimum atomic E-state index is 0.0220. The van der Waals surface area contributed by atoms with Gasteiger partial charge in [-0.25, -0.2) is 4.98 Å². The Morgan fingerprint density at radius 3 is 2.73 bits per heavy atom. The van der Waals surface area contributed by atoms with Crippen molar-refractivity contribution in [2.75, 3.05) is 0 Å². The van der Waals surface area contributed by atoms with Crippen LogP contribution in [0.25, 0.3) is 0 Å². The molecule has 78 valence electrons. The van der Waals surface area contributed by atoms with Gasteiger partial charge in [0.15, 0.2) is 0 Å². The van der Waals surface area contributed by atoms with Gasteiger partial charge in [0.25, 0.3) is 0 Å². The Morgan fingerprint density at radius 1 is 1.53 bits per heavy atom. The minimum Gasteiger partial charge on any atom is -0.329 e. The lowest BCUT2D eigenvalue weighted by molar-refractivity contribution is 0.103. The van der Waals surface area contributed by atoms with Crippen LogP contribution in [0, 0.1) is 6.92 Å². The number of halogens is 1. The molecule has 2 aromatic rings. The normalized spacial score (nSPS) is 10.6. The number of carbonyl (C=O) groups is 1. The average Bonchev–Trinajstić information content (AvgIpc) is 2.75. The molecule has 0 unspecified atom stereocenters. The maximum atomic E-state index is 12.0. The number of carbonyl (C=O) groups excluding carboxylic acids is 1. The summed E-state index contributed by atoms with van der Waals surface area (Å²) in [5.41, 5.74) is 0.627. The Kier molecular flexibility index (Phi) is 2.75. The number of thiophene rings is 1. The summed E-state index contributed by atoms with van der Waals surface area (Å²) in [5, 5.41) is 0. The summed E-state index contributed by atoms with van der Waals surface area (Å²) in [6.07, 6.45) is 1.62. The number of aromatic nitrogens is 2. The van der Waals surface area contributed by atoms with Crippen molar-refractivity contribution >= 4 is 33.0 Å². The van der Waals surface area contributed by atoms with E-state index < -0.39 is 0 Å². The third-order valence-corrected chi connectivity index (χ3v) is 3.87. The van der Waals surface area contributed by atoms with Crippen molar-refractivity contribution < 1.29 is 4.79 Å². The highest BCUT2D eigenvalue weighted by molar-refractivity contribution is 9.11. The van der Waals surface area contributed by atoms with E-state index in [-0.39, 0.29) is 5.78 Å². The summed E-state index contributed by atoms with van der Waals surface area (Å²) in [4.78, 5) is 16.9. The van der Waals surface area contributed by atoms with Crippen LogP contribution in [0.15, 0.2) is 22.1 Å². The topological polar surface area (TPSA) is 34.9 Å². The Morgan fingerprint density at radius 2 is 2.27 bits per heavy atom. The van der Waals surface area contributed by atoms with Gasteiger partial charge in [-0.05, 0) is 35.0 Å². The molecule has 2 heterocycles. The standard InChI is InChI=1S/C10H9BrN2OS/c1-6-12-5-7(13(6)2)10(14)8-3-4-9(11)15-8/h3-5H,1-2H3. The summed E-state index contributed by atoms with van der Waals surface area (Å²) in [5.74, 6) is 0.864. The first kappa shape index (κ1) is 10.6. The molecule has 0 radical (unpaired) electrons. The van der Waals surface area contributed by atoms with Crippen LogP contribution in [-0.4, -0.2) is 15.3 Å². The third-order valence-electron chi connectivity index (χ3n) is 2.25. The Labute approximate surface area is 99.9 Å². The minimum absolute atomic E-state index is 0.0220. The van der Waals surface area contributed by atoms with E-state index in [9.17, 15) is 4.79 Å². The molecule has 2 aromatic heterocycles. The molecule has 0 atom stereocenters. The zero-order valence-corrected chi connectivity index (χ0v) is 10.7. The van der Waals surface area contributed by atoms with Crippen LogP contribution in [-0.2, 0) is 7.05 Å². The van der Waals surface area contributed by atoms with Crippen molar-refractivity contribution in [3.05, 3.63) is 38.5 Å². The lowest BCUT2D eigenvalue weighted by Gasteiger charge is -2.00. The number of rotatable bonds is 2. The van der Waals surface area contributed by atoms with E-state index in [1.807, 2.05) is 26.1 Å². The number of hydrogen-bond acceptors (Lipinski definition) is 3.